The highest BCUT2D eigenvalue weighted by Gasteiger charge is 2.35. The minimum absolute atomic E-state index is 0.0144. The van der Waals surface area contributed by atoms with Crippen molar-refractivity contribution in [3.05, 3.63) is 24.2 Å². The molecular weight excluding hydrogens is 278 g/mol. The third kappa shape index (κ3) is 4.08. The van der Waals surface area contributed by atoms with Gasteiger partial charge < -0.3 is 19.5 Å². The number of furan rings is 1. The Kier molecular flexibility index (Phi) is 5.52. The van der Waals surface area contributed by atoms with Crippen molar-refractivity contribution in [2.45, 2.75) is 26.8 Å². The van der Waals surface area contributed by atoms with E-state index < -0.39 is 29.8 Å². The molecule has 0 fully saturated rings. The van der Waals surface area contributed by atoms with Crippen LogP contribution in [-0.4, -0.2) is 45.5 Å². The third-order valence-corrected chi connectivity index (χ3v) is 3.11. The van der Waals surface area contributed by atoms with E-state index >= 15 is 0 Å². The van der Waals surface area contributed by atoms with Crippen LogP contribution < -0.4 is 0 Å². The predicted octanol–water partition coefficient (Wildman–Crippen LogP) is 1.55. The SMILES string of the molecule is CC(CN(C(=O)c1ccco1)C(C(=O)O)C(C)C)C(=O)O. The summed E-state index contributed by atoms with van der Waals surface area (Å²) in [4.78, 5) is 35.9. The largest absolute Gasteiger partial charge is 0.481 e. The van der Waals surface area contributed by atoms with Crippen LogP contribution in [0.3, 0.4) is 0 Å². The first-order chi connectivity index (χ1) is 9.75. The second-order valence-corrected chi connectivity index (χ2v) is 5.20. The Morgan fingerprint density at radius 3 is 2.19 bits per heavy atom. The van der Waals surface area contributed by atoms with Crippen LogP contribution in [0.5, 0.6) is 0 Å². The van der Waals surface area contributed by atoms with Gasteiger partial charge in [0.15, 0.2) is 5.76 Å². The van der Waals surface area contributed by atoms with Gasteiger partial charge in [0.05, 0.1) is 12.2 Å². The van der Waals surface area contributed by atoms with Crippen LogP contribution in [0.4, 0.5) is 0 Å². The standard InChI is InChI=1S/C14H19NO6/c1-8(2)11(14(19)20)15(7-9(3)13(17)18)12(16)10-5-4-6-21-10/h4-6,8-9,11H,7H2,1-3H3,(H,17,18)(H,19,20). The van der Waals surface area contributed by atoms with E-state index in [-0.39, 0.29) is 18.2 Å². The zero-order chi connectivity index (χ0) is 16.2. The Balaban J connectivity index is 3.12. The van der Waals surface area contributed by atoms with Gasteiger partial charge in [0.2, 0.25) is 0 Å². The summed E-state index contributed by atoms with van der Waals surface area (Å²) in [7, 11) is 0. The molecule has 0 saturated heterocycles. The van der Waals surface area contributed by atoms with Gasteiger partial charge in [-0.25, -0.2) is 4.79 Å². The Labute approximate surface area is 122 Å². The van der Waals surface area contributed by atoms with Crippen LogP contribution in [0.15, 0.2) is 22.8 Å². The number of hydrogen-bond donors (Lipinski definition) is 2. The highest BCUT2D eigenvalue weighted by Crippen LogP contribution is 2.18. The molecule has 2 N–H and O–H groups in total. The van der Waals surface area contributed by atoms with Gasteiger partial charge in [0.25, 0.3) is 5.91 Å². The topological polar surface area (TPSA) is 108 Å². The predicted molar refractivity (Wildman–Crippen MR) is 72.8 cm³/mol. The maximum absolute atomic E-state index is 12.4. The molecule has 0 aliphatic carbocycles. The number of hydrogen-bond acceptors (Lipinski definition) is 4. The molecule has 0 aliphatic heterocycles. The van der Waals surface area contributed by atoms with Crippen LogP contribution in [0, 0.1) is 11.8 Å². The maximum atomic E-state index is 12.4. The van der Waals surface area contributed by atoms with Gasteiger partial charge >= 0.3 is 11.9 Å². The van der Waals surface area contributed by atoms with Crippen molar-refractivity contribution in [1.82, 2.24) is 4.90 Å². The molecular formula is C14H19NO6. The van der Waals surface area contributed by atoms with Gasteiger partial charge in [-0.05, 0) is 18.1 Å². The van der Waals surface area contributed by atoms with E-state index in [0.717, 1.165) is 4.90 Å². The van der Waals surface area contributed by atoms with Gasteiger partial charge in [0, 0.05) is 6.54 Å². The Hall–Kier alpha value is -2.31. The van der Waals surface area contributed by atoms with E-state index in [9.17, 15) is 19.5 Å². The fraction of sp³-hybridized carbons (Fsp3) is 0.500. The second-order valence-electron chi connectivity index (χ2n) is 5.20. The van der Waals surface area contributed by atoms with Gasteiger partial charge in [-0.3, -0.25) is 9.59 Å². The van der Waals surface area contributed by atoms with Gasteiger partial charge in [-0.15, -0.1) is 0 Å². The number of rotatable bonds is 7. The molecule has 0 radical (unpaired) electrons. The summed E-state index contributed by atoms with van der Waals surface area (Å²) in [6.07, 6.45) is 1.30. The Bertz CT molecular complexity index is 508. The van der Waals surface area contributed by atoms with Gasteiger partial charge in [-0.2, -0.15) is 0 Å². The van der Waals surface area contributed by atoms with Crippen molar-refractivity contribution in [3.8, 4) is 0 Å². The third-order valence-electron chi connectivity index (χ3n) is 3.11. The molecule has 116 valence electrons. The molecule has 7 nitrogen and oxygen atoms in total. The summed E-state index contributed by atoms with van der Waals surface area (Å²) in [5.74, 6) is -4.18. The summed E-state index contributed by atoms with van der Waals surface area (Å²) in [5.41, 5.74) is 0. The summed E-state index contributed by atoms with van der Waals surface area (Å²) in [6.45, 7) is 4.53. The summed E-state index contributed by atoms with van der Waals surface area (Å²) < 4.78 is 5.00. The number of carboxylic acids is 2. The van der Waals surface area contributed by atoms with Crippen molar-refractivity contribution in [1.29, 1.82) is 0 Å². The van der Waals surface area contributed by atoms with Crippen molar-refractivity contribution >= 4 is 17.8 Å². The first kappa shape index (κ1) is 16.7. The van der Waals surface area contributed by atoms with E-state index in [1.54, 1.807) is 13.8 Å². The molecule has 0 aromatic carbocycles. The van der Waals surface area contributed by atoms with Crippen LogP contribution in [0.25, 0.3) is 0 Å². The van der Waals surface area contributed by atoms with Crippen LogP contribution in [0.1, 0.15) is 31.3 Å². The average Bonchev–Trinajstić information content (AvgIpc) is 2.89. The fourth-order valence-corrected chi connectivity index (χ4v) is 2.02. The lowest BCUT2D eigenvalue weighted by Crippen LogP contribution is -2.50. The first-order valence-electron chi connectivity index (χ1n) is 6.55. The molecule has 1 aromatic rings. The molecule has 7 heteroatoms. The fourth-order valence-electron chi connectivity index (χ4n) is 2.02. The molecule has 2 atom stereocenters. The minimum Gasteiger partial charge on any atom is -0.481 e. The summed E-state index contributed by atoms with van der Waals surface area (Å²) >= 11 is 0. The number of nitrogens with zero attached hydrogens (tertiary/aromatic N) is 1. The van der Waals surface area contributed by atoms with Crippen molar-refractivity contribution in [2.24, 2.45) is 11.8 Å². The highest BCUT2D eigenvalue weighted by atomic mass is 16.4. The number of carboxylic acid groups (broad SMARTS) is 2. The van der Waals surface area contributed by atoms with E-state index in [2.05, 4.69) is 0 Å². The zero-order valence-corrected chi connectivity index (χ0v) is 12.1. The highest BCUT2D eigenvalue weighted by molar-refractivity contribution is 5.94. The molecule has 1 aromatic heterocycles. The molecule has 1 heterocycles. The van der Waals surface area contributed by atoms with E-state index in [1.807, 2.05) is 0 Å². The van der Waals surface area contributed by atoms with E-state index in [0.29, 0.717) is 0 Å². The minimum atomic E-state index is -1.18. The van der Waals surface area contributed by atoms with Gasteiger partial charge in [-0.1, -0.05) is 20.8 Å². The molecule has 1 rings (SSSR count). The molecule has 0 saturated carbocycles. The Morgan fingerprint density at radius 1 is 1.19 bits per heavy atom. The van der Waals surface area contributed by atoms with Crippen molar-refractivity contribution in [2.75, 3.05) is 6.54 Å². The van der Waals surface area contributed by atoms with E-state index in [4.69, 9.17) is 9.52 Å². The van der Waals surface area contributed by atoms with Crippen LogP contribution in [0.2, 0.25) is 0 Å². The molecule has 21 heavy (non-hydrogen) atoms. The lowest BCUT2D eigenvalue weighted by atomic mass is 10.0. The summed E-state index contributed by atoms with van der Waals surface area (Å²) in [6, 6.07) is 1.81. The van der Waals surface area contributed by atoms with Gasteiger partial charge in [0.1, 0.15) is 6.04 Å². The number of carbonyl (C=O) groups is 3. The smallest absolute Gasteiger partial charge is 0.326 e. The van der Waals surface area contributed by atoms with E-state index in [1.165, 1.54) is 25.3 Å². The maximum Gasteiger partial charge on any atom is 0.326 e. The number of amides is 1. The second kappa shape index (κ2) is 6.92. The molecule has 0 bridgehead atoms. The normalized spacial score (nSPS) is 13.7. The number of aliphatic carboxylic acids is 2. The lowest BCUT2D eigenvalue weighted by Gasteiger charge is -2.32. The quantitative estimate of drug-likeness (QED) is 0.790. The summed E-state index contributed by atoms with van der Waals surface area (Å²) in [5, 5.41) is 18.3. The molecule has 0 aliphatic rings. The van der Waals surface area contributed by atoms with Crippen LogP contribution in [-0.2, 0) is 9.59 Å². The first-order valence-corrected chi connectivity index (χ1v) is 6.55. The monoisotopic (exact) mass is 297 g/mol. The van der Waals surface area contributed by atoms with Crippen molar-refractivity contribution in [3.63, 3.8) is 0 Å². The Morgan fingerprint density at radius 2 is 1.81 bits per heavy atom. The van der Waals surface area contributed by atoms with Crippen LogP contribution >= 0.6 is 0 Å². The lowest BCUT2D eigenvalue weighted by molar-refractivity contribution is -0.147. The molecule has 0 spiro atoms. The molecule has 1 amide bonds. The average molecular weight is 297 g/mol. The number of carbonyl (C=O) groups excluding carboxylic acids is 1. The zero-order valence-electron chi connectivity index (χ0n) is 12.1. The van der Waals surface area contributed by atoms with Crippen molar-refractivity contribution < 1.29 is 29.0 Å². The molecule has 2 unspecified atom stereocenters.